The molecule has 0 aliphatic carbocycles. The van der Waals surface area contributed by atoms with Crippen LogP contribution in [0.3, 0.4) is 0 Å². The number of hydrogen-bond donors (Lipinski definition) is 2. The van der Waals surface area contributed by atoms with Gasteiger partial charge in [0.25, 0.3) is 0 Å². The van der Waals surface area contributed by atoms with Crippen LogP contribution in [0.5, 0.6) is 0 Å². The minimum Gasteiger partial charge on any atom is -0.480 e. The lowest BCUT2D eigenvalue weighted by Gasteiger charge is -2.32. The number of methoxy groups -OCH3 is 1. The van der Waals surface area contributed by atoms with Crippen LogP contribution in [0.25, 0.3) is 0 Å². The fourth-order valence-electron chi connectivity index (χ4n) is 2.43. The Balaban J connectivity index is 2.28. The lowest BCUT2D eigenvalue weighted by atomic mass is 9.98. The standard InChI is InChI=1S/C12H24N2O3/c1-13-11(12(15)16)5-7-14-6-3-4-10(8-14)9-17-2/h10-11,13H,3-9H2,1-2H3,(H,15,16). The molecule has 2 N–H and O–H groups in total. The highest BCUT2D eigenvalue weighted by Gasteiger charge is 2.21. The van der Waals surface area contributed by atoms with E-state index in [-0.39, 0.29) is 0 Å². The van der Waals surface area contributed by atoms with Crippen LogP contribution in [0.2, 0.25) is 0 Å². The molecule has 1 saturated heterocycles. The summed E-state index contributed by atoms with van der Waals surface area (Å²) in [4.78, 5) is 13.2. The fraction of sp³-hybridized carbons (Fsp3) is 0.917. The lowest BCUT2D eigenvalue weighted by Crippen LogP contribution is -2.42. The summed E-state index contributed by atoms with van der Waals surface area (Å²) >= 11 is 0. The van der Waals surface area contributed by atoms with Gasteiger partial charge in [0.05, 0.1) is 6.61 Å². The van der Waals surface area contributed by atoms with E-state index in [1.807, 2.05) is 0 Å². The monoisotopic (exact) mass is 244 g/mol. The maximum atomic E-state index is 10.9. The van der Waals surface area contributed by atoms with Gasteiger partial charge in [-0.1, -0.05) is 0 Å². The number of piperidine rings is 1. The van der Waals surface area contributed by atoms with Gasteiger partial charge in [-0.2, -0.15) is 0 Å². The summed E-state index contributed by atoms with van der Waals surface area (Å²) in [5.74, 6) is -0.162. The predicted octanol–water partition coefficient (Wildman–Crippen LogP) is 0.408. The van der Waals surface area contributed by atoms with Crippen molar-refractivity contribution in [2.45, 2.75) is 25.3 Å². The third-order valence-corrected chi connectivity index (χ3v) is 3.39. The number of carboxylic acid groups (broad SMARTS) is 1. The summed E-state index contributed by atoms with van der Waals surface area (Å²) in [5.41, 5.74) is 0. The van der Waals surface area contributed by atoms with E-state index in [0.717, 1.165) is 26.2 Å². The van der Waals surface area contributed by atoms with Crippen LogP contribution in [-0.4, -0.2) is 62.4 Å². The fourth-order valence-corrected chi connectivity index (χ4v) is 2.43. The Kier molecular flexibility index (Phi) is 6.47. The molecule has 0 saturated carbocycles. The van der Waals surface area contributed by atoms with Crippen LogP contribution in [-0.2, 0) is 9.53 Å². The molecule has 1 rings (SSSR count). The van der Waals surface area contributed by atoms with Gasteiger partial charge in [0, 0.05) is 20.2 Å². The number of likely N-dealkylation sites (tertiary alicyclic amines) is 1. The molecule has 2 atom stereocenters. The Morgan fingerprint density at radius 2 is 2.41 bits per heavy atom. The van der Waals surface area contributed by atoms with E-state index in [4.69, 9.17) is 9.84 Å². The highest BCUT2D eigenvalue weighted by molar-refractivity contribution is 5.73. The maximum absolute atomic E-state index is 10.9. The SMILES string of the molecule is CNC(CCN1CCCC(COC)C1)C(=O)O. The van der Waals surface area contributed by atoms with E-state index in [9.17, 15) is 4.79 Å². The van der Waals surface area contributed by atoms with Crippen molar-refractivity contribution < 1.29 is 14.6 Å². The summed E-state index contributed by atoms with van der Waals surface area (Å²) in [6.07, 6.45) is 3.07. The normalized spacial score (nSPS) is 23.5. The van der Waals surface area contributed by atoms with Crippen molar-refractivity contribution >= 4 is 5.97 Å². The Hall–Kier alpha value is -0.650. The van der Waals surface area contributed by atoms with Crippen molar-refractivity contribution in [2.75, 3.05) is 40.4 Å². The highest BCUT2D eigenvalue weighted by Crippen LogP contribution is 2.16. The minimum absolute atomic E-state index is 0.433. The second kappa shape index (κ2) is 7.63. The molecule has 0 amide bonds. The molecule has 0 bridgehead atoms. The number of hydrogen-bond acceptors (Lipinski definition) is 4. The number of carboxylic acids is 1. The third-order valence-electron chi connectivity index (χ3n) is 3.39. The summed E-state index contributed by atoms with van der Waals surface area (Å²) in [5, 5.41) is 11.8. The van der Waals surface area contributed by atoms with Crippen LogP contribution in [0, 0.1) is 5.92 Å². The van der Waals surface area contributed by atoms with Gasteiger partial charge in [-0.05, 0) is 38.8 Å². The Morgan fingerprint density at radius 3 is 3.00 bits per heavy atom. The number of ether oxygens (including phenoxy) is 1. The molecule has 0 spiro atoms. The highest BCUT2D eigenvalue weighted by atomic mass is 16.5. The first-order chi connectivity index (χ1) is 8.17. The first-order valence-corrected chi connectivity index (χ1v) is 6.28. The van der Waals surface area contributed by atoms with Crippen molar-refractivity contribution in [1.29, 1.82) is 0 Å². The average Bonchev–Trinajstić information content (AvgIpc) is 2.30. The van der Waals surface area contributed by atoms with Crippen molar-refractivity contribution in [3.05, 3.63) is 0 Å². The second-order valence-electron chi connectivity index (χ2n) is 4.73. The van der Waals surface area contributed by atoms with Crippen molar-refractivity contribution in [1.82, 2.24) is 10.2 Å². The van der Waals surface area contributed by atoms with Gasteiger partial charge in [-0.25, -0.2) is 0 Å². The van der Waals surface area contributed by atoms with Crippen LogP contribution < -0.4 is 5.32 Å². The van der Waals surface area contributed by atoms with E-state index >= 15 is 0 Å². The van der Waals surface area contributed by atoms with E-state index in [1.165, 1.54) is 12.8 Å². The number of rotatable bonds is 7. The van der Waals surface area contributed by atoms with Crippen LogP contribution in [0.4, 0.5) is 0 Å². The quantitative estimate of drug-likeness (QED) is 0.679. The van der Waals surface area contributed by atoms with Gasteiger partial charge < -0.3 is 20.1 Å². The van der Waals surface area contributed by atoms with Gasteiger partial charge in [0.2, 0.25) is 0 Å². The Bertz CT molecular complexity index is 234. The molecule has 2 unspecified atom stereocenters. The van der Waals surface area contributed by atoms with E-state index in [0.29, 0.717) is 12.3 Å². The number of nitrogens with zero attached hydrogens (tertiary/aromatic N) is 1. The molecule has 0 radical (unpaired) electrons. The molecular weight excluding hydrogens is 220 g/mol. The van der Waals surface area contributed by atoms with Gasteiger partial charge in [0.15, 0.2) is 0 Å². The largest absolute Gasteiger partial charge is 0.480 e. The molecule has 1 heterocycles. The Morgan fingerprint density at radius 1 is 1.65 bits per heavy atom. The van der Waals surface area contributed by atoms with E-state index in [1.54, 1.807) is 14.2 Å². The summed E-state index contributed by atoms with van der Waals surface area (Å²) in [7, 11) is 3.43. The molecule has 5 heteroatoms. The van der Waals surface area contributed by atoms with Gasteiger partial charge in [-0.15, -0.1) is 0 Å². The molecule has 1 fully saturated rings. The zero-order valence-corrected chi connectivity index (χ0v) is 10.8. The molecular formula is C12H24N2O3. The first-order valence-electron chi connectivity index (χ1n) is 6.28. The van der Waals surface area contributed by atoms with Crippen molar-refractivity contribution in [3.63, 3.8) is 0 Å². The van der Waals surface area contributed by atoms with Gasteiger partial charge in [0.1, 0.15) is 6.04 Å². The number of nitrogens with one attached hydrogen (secondary N) is 1. The zero-order valence-electron chi connectivity index (χ0n) is 10.8. The molecule has 5 nitrogen and oxygen atoms in total. The van der Waals surface area contributed by atoms with Crippen LogP contribution >= 0.6 is 0 Å². The number of carbonyl (C=O) groups is 1. The minimum atomic E-state index is -0.766. The molecule has 0 aromatic heterocycles. The number of aliphatic carboxylic acids is 1. The molecule has 0 aromatic rings. The van der Waals surface area contributed by atoms with E-state index < -0.39 is 12.0 Å². The lowest BCUT2D eigenvalue weighted by molar-refractivity contribution is -0.139. The predicted molar refractivity (Wildman–Crippen MR) is 66.1 cm³/mol. The molecule has 0 aromatic carbocycles. The van der Waals surface area contributed by atoms with E-state index in [2.05, 4.69) is 10.2 Å². The summed E-state index contributed by atoms with van der Waals surface area (Å²) in [6.45, 7) is 3.77. The average molecular weight is 244 g/mol. The van der Waals surface area contributed by atoms with Crippen molar-refractivity contribution in [3.8, 4) is 0 Å². The topological polar surface area (TPSA) is 61.8 Å². The van der Waals surface area contributed by atoms with Crippen LogP contribution in [0.1, 0.15) is 19.3 Å². The van der Waals surface area contributed by atoms with Crippen molar-refractivity contribution in [2.24, 2.45) is 5.92 Å². The Labute approximate surface area is 103 Å². The van der Waals surface area contributed by atoms with Crippen LogP contribution in [0.15, 0.2) is 0 Å². The summed E-state index contributed by atoms with van der Waals surface area (Å²) in [6, 6.07) is -0.433. The molecule has 1 aliphatic heterocycles. The molecule has 1 aliphatic rings. The summed E-state index contributed by atoms with van der Waals surface area (Å²) < 4.78 is 5.18. The smallest absolute Gasteiger partial charge is 0.320 e. The first kappa shape index (κ1) is 14.4. The molecule has 100 valence electrons. The zero-order chi connectivity index (χ0) is 12.7. The third kappa shape index (κ3) is 5.02. The van der Waals surface area contributed by atoms with Gasteiger partial charge in [-0.3, -0.25) is 4.79 Å². The number of likely N-dealkylation sites (N-methyl/N-ethyl adjacent to an activating group) is 1. The maximum Gasteiger partial charge on any atom is 0.320 e. The van der Waals surface area contributed by atoms with Gasteiger partial charge >= 0.3 is 5.97 Å². The second-order valence-corrected chi connectivity index (χ2v) is 4.73. The molecule has 17 heavy (non-hydrogen) atoms.